The third-order valence-electron chi connectivity index (χ3n) is 4.28. The number of carbonyl (C=O) groups is 1. The lowest BCUT2D eigenvalue weighted by Gasteiger charge is -2.30. The highest BCUT2D eigenvalue weighted by atomic mass is 16.6. The second kappa shape index (κ2) is 7.83. The van der Waals surface area contributed by atoms with Gasteiger partial charge in [-0.25, -0.2) is 4.79 Å². The average Bonchev–Trinajstić information content (AvgIpc) is 2.45. The van der Waals surface area contributed by atoms with Crippen molar-refractivity contribution in [3.8, 4) is 11.5 Å². The Hall–Kier alpha value is -1.83. The highest BCUT2D eigenvalue weighted by molar-refractivity contribution is 5.94. The van der Waals surface area contributed by atoms with E-state index >= 15 is 0 Å². The molecule has 1 aliphatic rings. The maximum absolute atomic E-state index is 11.1. The number of fused-ring (bicyclic) bond motifs is 1. The number of aliphatic hydroxyl groups excluding tert-OH is 2. The predicted molar refractivity (Wildman–Crippen MR) is 85.0 cm³/mol. The number of aromatic carboxylic acids is 1. The van der Waals surface area contributed by atoms with Crippen LogP contribution in [0.3, 0.4) is 0 Å². The SMILES string of the molecule is CC(O)CCCCCC1Cc2cc(O)c(C(=O)O)c(O)c2C(O)O1. The number of unbranched alkanes of at least 4 members (excludes halogenated alkanes) is 2. The van der Waals surface area contributed by atoms with Gasteiger partial charge in [0.1, 0.15) is 17.1 Å². The van der Waals surface area contributed by atoms with E-state index in [2.05, 4.69) is 0 Å². The largest absolute Gasteiger partial charge is 0.507 e. The molecule has 1 aromatic carbocycles. The van der Waals surface area contributed by atoms with E-state index in [0.29, 0.717) is 18.4 Å². The molecule has 0 saturated carbocycles. The molecule has 0 aliphatic carbocycles. The van der Waals surface area contributed by atoms with Crippen LogP contribution in [0.2, 0.25) is 0 Å². The first-order valence-corrected chi connectivity index (χ1v) is 8.13. The zero-order valence-electron chi connectivity index (χ0n) is 13.6. The molecule has 0 radical (unpaired) electrons. The van der Waals surface area contributed by atoms with Crippen molar-refractivity contribution in [2.75, 3.05) is 0 Å². The fourth-order valence-electron chi connectivity index (χ4n) is 3.08. The van der Waals surface area contributed by atoms with Gasteiger partial charge in [-0.05, 0) is 37.8 Å². The maximum atomic E-state index is 11.1. The number of aromatic hydroxyl groups is 2. The Labute approximate surface area is 140 Å². The molecular formula is C17H24O7. The molecule has 0 saturated heterocycles. The molecule has 3 atom stereocenters. The molecule has 7 heteroatoms. The second-order valence-electron chi connectivity index (χ2n) is 6.30. The molecule has 134 valence electrons. The van der Waals surface area contributed by atoms with Crippen LogP contribution in [0.15, 0.2) is 6.07 Å². The molecule has 24 heavy (non-hydrogen) atoms. The van der Waals surface area contributed by atoms with E-state index in [-0.39, 0.29) is 17.8 Å². The Bertz CT molecular complexity index is 597. The van der Waals surface area contributed by atoms with Gasteiger partial charge in [0, 0.05) is 0 Å². The summed E-state index contributed by atoms with van der Waals surface area (Å²) in [4.78, 5) is 11.1. The average molecular weight is 340 g/mol. The Morgan fingerprint density at radius 3 is 2.67 bits per heavy atom. The summed E-state index contributed by atoms with van der Waals surface area (Å²) < 4.78 is 5.47. The Morgan fingerprint density at radius 1 is 1.33 bits per heavy atom. The van der Waals surface area contributed by atoms with Crippen LogP contribution in [0.1, 0.15) is 66.8 Å². The van der Waals surface area contributed by atoms with E-state index < -0.39 is 29.3 Å². The Balaban J connectivity index is 2.04. The highest BCUT2D eigenvalue weighted by Gasteiger charge is 2.32. The molecule has 0 spiro atoms. The maximum Gasteiger partial charge on any atom is 0.343 e. The summed E-state index contributed by atoms with van der Waals surface area (Å²) >= 11 is 0. The Kier molecular flexibility index (Phi) is 6.04. The van der Waals surface area contributed by atoms with Gasteiger partial charge in [-0.3, -0.25) is 0 Å². The molecule has 0 bridgehead atoms. The lowest BCUT2D eigenvalue weighted by Crippen LogP contribution is -2.26. The third-order valence-corrected chi connectivity index (χ3v) is 4.28. The first-order chi connectivity index (χ1) is 11.3. The summed E-state index contributed by atoms with van der Waals surface area (Å²) in [5, 5.41) is 48.2. The van der Waals surface area contributed by atoms with Crippen molar-refractivity contribution in [2.45, 2.75) is 63.9 Å². The molecule has 1 aromatic rings. The van der Waals surface area contributed by atoms with Gasteiger partial charge in [0.15, 0.2) is 6.29 Å². The predicted octanol–water partition coefficient (Wildman–Crippen LogP) is 2.06. The van der Waals surface area contributed by atoms with Crippen LogP contribution in [0, 0.1) is 0 Å². The minimum absolute atomic E-state index is 0.00977. The quantitative estimate of drug-likeness (QED) is 0.481. The molecule has 2 rings (SSSR count). The van der Waals surface area contributed by atoms with Gasteiger partial charge in [-0.1, -0.05) is 19.3 Å². The van der Waals surface area contributed by atoms with Crippen molar-refractivity contribution in [3.63, 3.8) is 0 Å². The number of hydrogen-bond donors (Lipinski definition) is 5. The van der Waals surface area contributed by atoms with Crippen LogP contribution in [-0.4, -0.2) is 43.7 Å². The van der Waals surface area contributed by atoms with Crippen LogP contribution in [-0.2, 0) is 11.2 Å². The molecule has 0 amide bonds. The molecule has 7 nitrogen and oxygen atoms in total. The lowest BCUT2D eigenvalue weighted by molar-refractivity contribution is -0.152. The fraction of sp³-hybridized carbons (Fsp3) is 0.588. The third kappa shape index (κ3) is 4.17. The van der Waals surface area contributed by atoms with Gasteiger partial charge < -0.3 is 30.3 Å². The van der Waals surface area contributed by atoms with Crippen LogP contribution in [0.4, 0.5) is 0 Å². The van der Waals surface area contributed by atoms with Crippen LogP contribution in [0.5, 0.6) is 11.5 Å². The monoisotopic (exact) mass is 340 g/mol. The van der Waals surface area contributed by atoms with Gasteiger partial charge >= 0.3 is 5.97 Å². The molecule has 3 unspecified atom stereocenters. The van der Waals surface area contributed by atoms with Gasteiger partial charge in [0.25, 0.3) is 0 Å². The number of carboxylic acids is 1. The standard InChI is InChI=1S/C17H24O7/c1-9(18)5-3-2-4-6-11-7-10-8-12(19)14(16(21)22)15(20)13(10)17(23)24-11/h8-9,11,17-20,23H,2-7H2,1H3,(H,21,22). The van der Waals surface area contributed by atoms with Gasteiger partial charge in [0.05, 0.1) is 17.8 Å². The minimum Gasteiger partial charge on any atom is -0.507 e. The second-order valence-corrected chi connectivity index (χ2v) is 6.30. The summed E-state index contributed by atoms with van der Waals surface area (Å²) in [5.41, 5.74) is -0.133. The van der Waals surface area contributed by atoms with E-state index in [4.69, 9.17) is 9.84 Å². The van der Waals surface area contributed by atoms with Gasteiger partial charge in [-0.2, -0.15) is 0 Å². The summed E-state index contributed by atoms with van der Waals surface area (Å²) in [6.07, 6.45) is 2.53. The van der Waals surface area contributed by atoms with E-state index in [1.54, 1.807) is 6.92 Å². The van der Waals surface area contributed by atoms with E-state index in [9.17, 15) is 25.2 Å². The van der Waals surface area contributed by atoms with Crippen molar-refractivity contribution in [2.24, 2.45) is 0 Å². The lowest BCUT2D eigenvalue weighted by atomic mass is 9.92. The number of ether oxygens (including phenoxy) is 1. The van der Waals surface area contributed by atoms with Crippen LogP contribution >= 0.6 is 0 Å². The van der Waals surface area contributed by atoms with E-state index in [1.807, 2.05) is 0 Å². The van der Waals surface area contributed by atoms with E-state index in [0.717, 1.165) is 25.7 Å². The highest BCUT2D eigenvalue weighted by Crippen LogP contribution is 2.42. The summed E-state index contributed by atoms with van der Waals surface area (Å²) in [5.74, 6) is -2.65. The Morgan fingerprint density at radius 2 is 2.04 bits per heavy atom. The smallest absolute Gasteiger partial charge is 0.343 e. The van der Waals surface area contributed by atoms with Crippen molar-refractivity contribution in [3.05, 3.63) is 22.8 Å². The minimum atomic E-state index is -1.47. The zero-order valence-corrected chi connectivity index (χ0v) is 13.6. The first kappa shape index (κ1) is 18.5. The number of hydrogen-bond acceptors (Lipinski definition) is 6. The van der Waals surface area contributed by atoms with Crippen molar-refractivity contribution in [1.29, 1.82) is 0 Å². The van der Waals surface area contributed by atoms with Crippen LogP contribution in [0.25, 0.3) is 0 Å². The summed E-state index contributed by atoms with van der Waals surface area (Å²) in [7, 11) is 0. The van der Waals surface area contributed by atoms with Gasteiger partial charge in [-0.15, -0.1) is 0 Å². The first-order valence-electron chi connectivity index (χ1n) is 8.13. The number of carboxylic acid groups (broad SMARTS) is 1. The van der Waals surface area contributed by atoms with Crippen molar-refractivity contribution < 1.29 is 35.1 Å². The molecule has 0 fully saturated rings. The number of phenols is 2. The molecule has 0 aromatic heterocycles. The number of aliphatic hydroxyl groups is 2. The van der Waals surface area contributed by atoms with Gasteiger partial charge in [0.2, 0.25) is 0 Å². The molecule has 1 aliphatic heterocycles. The summed E-state index contributed by atoms with van der Waals surface area (Å²) in [6.45, 7) is 1.75. The van der Waals surface area contributed by atoms with Crippen molar-refractivity contribution >= 4 is 5.97 Å². The topological polar surface area (TPSA) is 127 Å². The summed E-state index contributed by atoms with van der Waals surface area (Å²) in [6, 6.07) is 1.27. The number of benzene rings is 1. The normalized spacial score (nSPS) is 21.3. The molecular weight excluding hydrogens is 316 g/mol. The molecule has 5 N–H and O–H groups in total. The fourth-order valence-corrected chi connectivity index (χ4v) is 3.08. The molecule has 1 heterocycles. The van der Waals surface area contributed by atoms with Crippen LogP contribution < -0.4 is 0 Å². The van der Waals surface area contributed by atoms with E-state index in [1.165, 1.54) is 6.07 Å². The number of rotatable bonds is 7. The van der Waals surface area contributed by atoms with Crippen molar-refractivity contribution in [1.82, 2.24) is 0 Å². The zero-order chi connectivity index (χ0) is 17.9.